The van der Waals surface area contributed by atoms with Crippen LogP contribution in [0.5, 0.6) is 0 Å². The van der Waals surface area contributed by atoms with Crippen molar-refractivity contribution in [3.8, 4) is 0 Å². The van der Waals surface area contributed by atoms with E-state index < -0.39 is 0 Å². The van der Waals surface area contributed by atoms with Gasteiger partial charge in [0.2, 0.25) is 0 Å². The second kappa shape index (κ2) is 4.05. The average Bonchev–Trinajstić information content (AvgIpc) is 2.32. The van der Waals surface area contributed by atoms with E-state index >= 15 is 0 Å². The maximum Gasteiger partial charge on any atom is 0.0642 e. The molecule has 0 atom stereocenters. The Kier molecular flexibility index (Phi) is 2.57. The predicted octanol–water partition coefficient (Wildman–Crippen LogP) is 1.28. The number of allylic oxidation sites excluding steroid dienone is 1. The molecular formula is C12H20N2O. The van der Waals surface area contributed by atoms with Gasteiger partial charge < -0.3 is 14.5 Å². The van der Waals surface area contributed by atoms with E-state index in [0.717, 1.165) is 32.2 Å². The van der Waals surface area contributed by atoms with Crippen molar-refractivity contribution in [2.24, 2.45) is 5.92 Å². The summed E-state index contributed by atoms with van der Waals surface area (Å²) in [6, 6.07) is 0. The lowest BCUT2D eigenvalue weighted by Gasteiger charge is -2.43. The van der Waals surface area contributed by atoms with Gasteiger partial charge in [0, 0.05) is 38.1 Å². The summed E-state index contributed by atoms with van der Waals surface area (Å²) in [7, 11) is 0. The monoisotopic (exact) mass is 208 g/mol. The van der Waals surface area contributed by atoms with E-state index in [1.165, 1.54) is 32.4 Å². The summed E-state index contributed by atoms with van der Waals surface area (Å²) in [5.74, 6) is 0.974. The Bertz CT molecular complexity index is 250. The smallest absolute Gasteiger partial charge is 0.0642 e. The summed E-state index contributed by atoms with van der Waals surface area (Å²) in [6.45, 7) is 6.52. The van der Waals surface area contributed by atoms with Crippen LogP contribution in [0.15, 0.2) is 11.9 Å². The van der Waals surface area contributed by atoms with E-state index in [0.29, 0.717) is 0 Å². The lowest BCUT2D eigenvalue weighted by molar-refractivity contribution is 0.0561. The maximum absolute atomic E-state index is 5.37. The van der Waals surface area contributed by atoms with E-state index in [2.05, 4.69) is 16.0 Å². The molecule has 4 fully saturated rings. The van der Waals surface area contributed by atoms with Crippen LogP contribution in [0.3, 0.4) is 0 Å². The number of hydrogen-bond donors (Lipinski definition) is 0. The molecule has 0 unspecified atom stereocenters. The van der Waals surface area contributed by atoms with Crippen LogP contribution in [-0.4, -0.2) is 49.2 Å². The van der Waals surface area contributed by atoms with E-state index in [-0.39, 0.29) is 0 Å². The van der Waals surface area contributed by atoms with Gasteiger partial charge in [-0.15, -0.1) is 0 Å². The largest absolute Gasteiger partial charge is 0.378 e. The quantitative estimate of drug-likeness (QED) is 0.645. The van der Waals surface area contributed by atoms with Gasteiger partial charge in [-0.05, 0) is 25.2 Å². The molecule has 4 aliphatic rings. The fraction of sp³-hybridized carbons (Fsp3) is 0.833. The Morgan fingerprint density at radius 2 is 1.80 bits per heavy atom. The van der Waals surface area contributed by atoms with Gasteiger partial charge in [-0.3, -0.25) is 0 Å². The van der Waals surface area contributed by atoms with Crippen molar-refractivity contribution in [2.75, 3.05) is 39.4 Å². The average molecular weight is 208 g/mol. The molecule has 0 radical (unpaired) electrons. The fourth-order valence-corrected chi connectivity index (χ4v) is 2.90. The maximum atomic E-state index is 5.37. The predicted molar refractivity (Wildman–Crippen MR) is 59.4 cm³/mol. The number of morpholine rings is 1. The second-order valence-corrected chi connectivity index (χ2v) is 4.90. The molecule has 4 saturated heterocycles. The van der Waals surface area contributed by atoms with Gasteiger partial charge >= 0.3 is 0 Å². The number of piperidine rings is 3. The van der Waals surface area contributed by atoms with E-state index in [9.17, 15) is 0 Å². The number of ether oxygens (including phenoxy) is 1. The minimum absolute atomic E-state index is 0.896. The van der Waals surface area contributed by atoms with Gasteiger partial charge in [0.05, 0.1) is 13.2 Å². The highest BCUT2D eigenvalue weighted by molar-refractivity contribution is 5.08. The van der Waals surface area contributed by atoms with Crippen molar-refractivity contribution in [2.45, 2.75) is 19.3 Å². The minimum atomic E-state index is 0.896. The highest BCUT2D eigenvalue weighted by atomic mass is 16.5. The van der Waals surface area contributed by atoms with Crippen LogP contribution in [0, 0.1) is 5.92 Å². The van der Waals surface area contributed by atoms with Gasteiger partial charge in [-0.25, -0.2) is 0 Å². The molecular weight excluding hydrogens is 188 g/mol. The second-order valence-electron chi connectivity index (χ2n) is 4.90. The summed E-state index contributed by atoms with van der Waals surface area (Å²) in [6.07, 6.45) is 6.55. The van der Waals surface area contributed by atoms with Crippen LogP contribution in [0.4, 0.5) is 0 Å². The van der Waals surface area contributed by atoms with Gasteiger partial charge in [-0.1, -0.05) is 0 Å². The third-order valence-corrected chi connectivity index (χ3v) is 3.90. The zero-order chi connectivity index (χ0) is 10.1. The molecule has 4 rings (SSSR count). The molecule has 3 nitrogen and oxygen atoms in total. The molecule has 4 aliphatic heterocycles. The third kappa shape index (κ3) is 1.98. The van der Waals surface area contributed by atoms with Gasteiger partial charge in [0.15, 0.2) is 0 Å². The molecule has 0 spiro atoms. The van der Waals surface area contributed by atoms with Crippen molar-refractivity contribution in [1.82, 2.24) is 9.80 Å². The highest BCUT2D eigenvalue weighted by Crippen LogP contribution is 2.34. The molecule has 0 N–H and O–H groups in total. The molecule has 84 valence electrons. The summed E-state index contributed by atoms with van der Waals surface area (Å²) in [5.41, 5.74) is 1.58. The van der Waals surface area contributed by atoms with Crippen molar-refractivity contribution in [3.63, 3.8) is 0 Å². The molecule has 15 heavy (non-hydrogen) atoms. The SMILES string of the molecule is C(=C1CC2CCN1CC2)N1CCOCC1. The third-order valence-electron chi connectivity index (χ3n) is 3.90. The first kappa shape index (κ1) is 9.52. The van der Waals surface area contributed by atoms with E-state index in [1.54, 1.807) is 5.70 Å². The minimum Gasteiger partial charge on any atom is -0.378 e. The lowest BCUT2D eigenvalue weighted by atomic mass is 9.86. The summed E-state index contributed by atoms with van der Waals surface area (Å²) < 4.78 is 5.37. The van der Waals surface area contributed by atoms with Crippen LogP contribution >= 0.6 is 0 Å². The van der Waals surface area contributed by atoms with E-state index in [1.807, 2.05) is 0 Å². The molecule has 0 aliphatic carbocycles. The Balaban J connectivity index is 1.67. The Morgan fingerprint density at radius 3 is 2.40 bits per heavy atom. The summed E-state index contributed by atoms with van der Waals surface area (Å²) in [5, 5.41) is 0. The Hall–Kier alpha value is -0.700. The van der Waals surface area contributed by atoms with Gasteiger partial charge in [0.25, 0.3) is 0 Å². The van der Waals surface area contributed by atoms with Crippen LogP contribution in [0.2, 0.25) is 0 Å². The summed E-state index contributed by atoms with van der Waals surface area (Å²) >= 11 is 0. The molecule has 0 aromatic heterocycles. The van der Waals surface area contributed by atoms with Crippen molar-refractivity contribution in [3.05, 3.63) is 11.9 Å². The first-order chi connectivity index (χ1) is 7.42. The van der Waals surface area contributed by atoms with E-state index in [4.69, 9.17) is 4.74 Å². The van der Waals surface area contributed by atoms with Gasteiger partial charge in [-0.2, -0.15) is 0 Å². The van der Waals surface area contributed by atoms with Crippen LogP contribution in [0.1, 0.15) is 19.3 Å². The fourth-order valence-electron chi connectivity index (χ4n) is 2.90. The number of nitrogens with zero attached hydrogens (tertiary/aromatic N) is 2. The zero-order valence-electron chi connectivity index (χ0n) is 9.32. The summed E-state index contributed by atoms with van der Waals surface area (Å²) in [4.78, 5) is 5.01. The molecule has 0 aromatic carbocycles. The molecule has 0 saturated carbocycles. The Labute approximate surface area is 91.7 Å². The van der Waals surface area contributed by atoms with Crippen LogP contribution < -0.4 is 0 Å². The molecule has 0 aromatic rings. The zero-order valence-corrected chi connectivity index (χ0v) is 9.32. The van der Waals surface area contributed by atoms with Crippen molar-refractivity contribution in [1.29, 1.82) is 0 Å². The number of rotatable bonds is 1. The first-order valence-electron chi connectivity index (χ1n) is 6.19. The van der Waals surface area contributed by atoms with Crippen molar-refractivity contribution < 1.29 is 4.74 Å². The standard InChI is InChI=1S/C12H20N2O/c1-3-14-4-2-11(1)9-12(14)10-13-5-7-15-8-6-13/h10-11H,1-9H2. The molecule has 0 amide bonds. The van der Waals surface area contributed by atoms with Crippen LogP contribution in [0.25, 0.3) is 0 Å². The lowest BCUT2D eigenvalue weighted by Crippen LogP contribution is -2.41. The molecule has 4 heterocycles. The van der Waals surface area contributed by atoms with Crippen LogP contribution in [-0.2, 0) is 4.74 Å². The normalized spacial score (nSPS) is 30.3. The number of hydrogen-bond acceptors (Lipinski definition) is 3. The Morgan fingerprint density at radius 1 is 1.07 bits per heavy atom. The van der Waals surface area contributed by atoms with Crippen molar-refractivity contribution >= 4 is 0 Å². The topological polar surface area (TPSA) is 15.7 Å². The molecule has 2 bridgehead atoms. The highest BCUT2D eigenvalue weighted by Gasteiger charge is 2.29. The number of fused-ring (bicyclic) bond motifs is 3. The molecule has 3 heteroatoms. The van der Waals surface area contributed by atoms with Gasteiger partial charge in [0.1, 0.15) is 0 Å². The first-order valence-corrected chi connectivity index (χ1v) is 6.19.